The molecule has 134 valence electrons. The van der Waals surface area contributed by atoms with Crippen LogP contribution >= 0.6 is 12.2 Å². The third kappa shape index (κ3) is 3.28. The SMILES string of the molecule is CCOc1cccc(/C=C2/NC(=S)N(c3ccccc3CC)C2=O)c1O. The lowest BCUT2D eigenvalue weighted by Gasteiger charge is -2.17. The fourth-order valence-corrected chi connectivity index (χ4v) is 3.16. The average Bonchev–Trinajstić information content (AvgIpc) is 2.92. The molecule has 0 aliphatic carbocycles. The van der Waals surface area contributed by atoms with E-state index in [1.165, 1.54) is 4.90 Å². The summed E-state index contributed by atoms with van der Waals surface area (Å²) in [6.45, 7) is 4.31. The van der Waals surface area contributed by atoms with Crippen molar-refractivity contribution in [1.29, 1.82) is 0 Å². The molecule has 6 heteroatoms. The number of nitrogens with one attached hydrogen (secondary N) is 1. The van der Waals surface area contributed by atoms with Crippen molar-refractivity contribution in [2.75, 3.05) is 11.5 Å². The van der Waals surface area contributed by atoms with E-state index in [0.717, 1.165) is 17.7 Å². The molecule has 0 bridgehead atoms. The highest BCUT2D eigenvalue weighted by Gasteiger charge is 2.33. The van der Waals surface area contributed by atoms with Crippen LogP contribution in [0.15, 0.2) is 48.2 Å². The molecular weight excluding hydrogens is 348 g/mol. The van der Waals surface area contributed by atoms with Gasteiger partial charge in [0.2, 0.25) is 0 Å². The number of carbonyl (C=O) groups is 1. The van der Waals surface area contributed by atoms with Crippen molar-refractivity contribution >= 4 is 35.0 Å². The summed E-state index contributed by atoms with van der Waals surface area (Å²) in [5, 5.41) is 13.6. The maximum atomic E-state index is 12.9. The summed E-state index contributed by atoms with van der Waals surface area (Å²) in [5.41, 5.74) is 2.60. The van der Waals surface area contributed by atoms with Crippen molar-refractivity contribution in [2.45, 2.75) is 20.3 Å². The van der Waals surface area contributed by atoms with Crippen LogP contribution in [-0.4, -0.2) is 22.7 Å². The molecule has 1 fully saturated rings. The zero-order chi connectivity index (χ0) is 18.7. The van der Waals surface area contributed by atoms with E-state index in [9.17, 15) is 9.90 Å². The molecule has 3 rings (SSSR count). The zero-order valence-electron chi connectivity index (χ0n) is 14.7. The van der Waals surface area contributed by atoms with Crippen molar-refractivity contribution in [3.05, 3.63) is 59.3 Å². The molecule has 1 heterocycles. The maximum absolute atomic E-state index is 12.9. The van der Waals surface area contributed by atoms with Gasteiger partial charge in [-0.05, 0) is 49.3 Å². The normalized spacial score (nSPS) is 15.5. The Morgan fingerprint density at radius 2 is 1.96 bits per heavy atom. The van der Waals surface area contributed by atoms with E-state index in [2.05, 4.69) is 5.32 Å². The Morgan fingerprint density at radius 1 is 1.19 bits per heavy atom. The number of aromatic hydroxyl groups is 1. The van der Waals surface area contributed by atoms with Crippen LogP contribution in [0.4, 0.5) is 5.69 Å². The van der Waals surface area contributed by atoms with E-state index in [1.807, 2.05) is 38.1 Å². The standard InChI is InChI=1S/C20H20N2O3S/c1-3-13-8-5-6-10-16(13)22-19(24)15(21-20(22)26)12-14-9-7-11-17(18(14)23)25-4-2/h5-12,23H,3-4H2,1-2H3,(H,21,26)/b15-12+. The maximum Gasteiger partial charge on any atom is 0.281 e. The Kier molecular flexibility index (Phi) is 5.23. The minimum absolute atomic E-state index is 0.00484. The van der Waals surface area contributed by atoms with E-state index < -0.39 is 0 Å². The largest absolute Gasteiger partial charge is 0.504 e. The van der Waals surface area contributed by atoms with Gasteiger partial charge in [-0.25, -0.2) is 0 Å². The second-order valence-electron chi connectivity index (χ2n) is 5.74. The van der Waals surface area contributed by atoms with Gasteiger partial charge in [0.15, 0.2) is 16.6 Å². The Balaban J connectivity index is 1.97. The number of hydrogen-bond donors (Lipinski definition) is 2. The number of amides is 1. The van der Waals surface area contributed by atoms with Crippen LogP contribution in [0.1, 0.15) is 25.0 Å². The van der Waals surface area contributed by atoms with E-state index in [-0.39, 0.29) is 11.7 Å². The van der Waals surface area contributed by atoms with Crippen molar-refractivity contribution in [1.82, 2.24) is 5.32 Å². The summed E-state index contributed by atoms with van der Waals surface area (Å²) in [6.07, 6.45) is 2.37. The molecule has 0 atom stereocenters. The first-order chi connectivity index (χ1) is 12.6. The number of thiocarbonyl (C=S) groups is 1. The molecular formula is C20H20N2O3S. The summed E-state index contributed by atoms with van der Waals surface area (Å²) in [4.78, 5) is 14.4. The molecule has 2 aromatic carbocycles. The van der Waals surface area contributed by atoms with Crippen LogP contribution in [-0.2, 0) is 11.2 Å². The first-order valence-electron chi connectivity index (χ1n) is 8.46. The molecule has 1 saturated heterocycles. The van der Waals surface area contributed by atoms with Crippen LogP contribution in [0.2, 0.25) is 0 Å². The van der Waals surface area contributed by atoms with Gasteiger partial charge in [-0.2, -0.15) is 0 Å². The number of para-hydroxylation sites is 2. The number of nitrogens with zero attached hydrogens (tertiary/aromatic N) is 1. The molecule has 1 amide bonds. The number of anilines is 1. The molecule has 2 aromatic rings. The Bertz CT molecular complexity index is 892. The van der Waals surface area contributed by atoms with Crippen molar-refractivity contribution in [3.63, 3.8) is 0 Å². The molecule has 0 spiro atoms. The van der Waals surface area contributed by atoms with E-state index >= 15 is 0 Å². The van der Waals surface area contributed by atoms with E-state index in [0.29, 0.717) is 28.7 Å². The van der Waals surface area contributed by atoms with Gasteiger partial charge >= 0.3 is 0 Å². The third-order valence-corrected chi connectivity index (χ3v) is 4.41. The van der Waals surface area contributed by atoms with Crippen LogP contribution in [0.3, 0.4) is 0 Å². The summed E-state index contributed by atoms with van der Waals surface area (Å²) in [5.74, 6) is 0.120. The zero-order valence-corrected chi connectivity index (χ0v) is 15.5. The smallest absolute Gasteiger partial charge is 0.281 e. The molecule has 0 saturated carbocycles. The lowest BCUT2D eigenvalue weighted by molar-refractivity contribution is -0.113. The Labute approximate surface area is 157 Å². The fraction of sp³-hybridized carbons (Fsp3) is 0.200. The monoisotopic (exact) mass is 368 g/mol. The number of carbonyl (C=O) groups excluding carboxylic acids is 1. The summed E-state index contributed by atoms with van der Waals surface area (Å²) in [7, 11) is 0. The van der Waals surface area contributed by atoms with Gasteiger partial charge in [-0.1, -0.05) is 37.3 Å². The minimum Gasteiger partial charge on any atom is -0.504 e. The Morgan fingerprint density at radius 3 is 2.69 bits per heavy atom. The van der Waals surface area contributed by atoms with Crippen molar-refractivity contribution < 1.29 is 14.6 Å². The molecule has 1 aliphatic rings. The van der Waals surface area contributed by atoms with Gasteiger partial charge in [0, 0.05) is 5.56 Å². The van der Waals surface area contributed by atoms with Crippen LogP contribution in [0.25, 0.3) is 6.08 Å². The van der Waals surface area contributed by atoms with E-state index in [4.69, 9.17) is 17.0 Å². The lowest BCUT2D eigenvalue weighted by atomic mass is 10.1. The van der Waals surface area contributed by atoms with Gasteiger partial charge < -0.3 is 15.2 Å². The number of phenolic OH excluding ortho intramolecular Hbond substituents is 1. The lowest BCUT2D eigenvalue weighted by Crippen LogP contribution is -2.31. The molecule has 0 radical (unpaired) electrons. The van der Waals surface area contributed by atoms with Crippen LogP contribution in [0.5, 0.6) is 11.5 Å². The van der Waals surface area contributed by atoms with Crippen LogP contribution < -0.4 is 15.0 Å². The van der Waals surface area contributed by atoms with Crippen molar-refractivity contribution in [2.24, 2.45) is 0 Å². The average molecular weight is 368 g/mol. The van der Waals surface area contributed by atoms with Crippen LogP contribution in [0, 0.1) is 0 Å². The number of aryl methyl sites for hydroxylation is 1. The van der Waals surface area contributed by atoms with Crippen molar-refractivity contribution in [3.8, 4) is 11.5 Å². The van der Waals surface area contributed by atoms with Gasteiger partial charge in [-0.15, -0.1) is 0 Å². The molecule has 5 nitrogen and oxygen atoms in total. The molecule has 0 unspecified atom stereocenters. The predicted molar refractivity (Wildman–Crippen MR) is 106 cm³/mol. The second-order valence-corrected chi connectivity index (χ2v) is 6.12. The van der Waals surface area contributed by atoms with Gasteiger partial charge in [0.1, 0.15) is 5.70 Å². The van der Waals surface area contributed by atoms with Gasteiger partial charge in [0.05, 0.1) is 12.3 Å². The Hall–Kier alpha value is -2.86. The van der Waals surface area contributed by atoms with E-state index in [1.54, 1.807) is 24.3 Å². The summed E-state index contributed by atoms with van der Waals surface area (Å²) >= 11 is 5.37. The minimum atomic E-state index is -0.253. The first kappa shape index (κ1) is 17.9. The third-order valence-electron chi connectivity index (χ3n) is 4.12. The highest BCUT2D eigenvalue weighted by atomic mass is 32.1. The molecule has 1 aliphatic heterocycles. The number of phenols is 1. The number of ether oxygens (including phenoxy) is 1. The first-order valence-corrected chi connectivity index (χ1v) is 8.87. The fourth-order valence-electron chi connectivity index (χ4n) is 2.87. The number of rotatable bonds is 5. The highest BCUT2D eigenvalue weighted by Crippen LogP contribution is 2.32. The second kappa shape index (κ2) is 7.58. The molecule has 2 N–H and O–H groups in total. The summed E-state index contributed by atoms with van der Waals surface area (Å²) in [6, 6.07) is 12.8. The summed E-state index contributed by atoms with van der Waals surface area (Å²) < 4.78 is 5.39. The topological polar surface area (TPSA) is 61.8 Å². The van der Waals surface area contributed by atoms with Gasteiger partial charge in [0.25, 0.3) is 5.91 Å². The van der Waals surface area contributed by atoms with Gasteiger partial charge in [-0.3, -0.25) is 9.69 Å². The quantitative estimate of drug-likeness (QED) is 0.624. The molecule has 0 aromatic heterocycles. The molecule has 26 heavy (non-hydrogen) atoms. The number of hydrogen-bond acceptors (Lipinski definition) is 4. The predicted octanol–water partition coefficient (Wildman–Crippen LogP) is 3.62. The highest BCUT2D eigenvalue weighted by molar-refractivity contribution is 7.80. The number of benzene rings is 2.